The average molecular weight is 283 g/mol. The highest BCUT2D eigenvalue weighted by Crippen LogP contribution is 2.27. The van der Waals surface area contributed by atoms with Gasteiger partial charge in [0.25, 0.3) is 5.91 Å². The fraction of sp³-hybridized carbons (Fsp3) is 0.235. The van der Waals surface area contributed by atoms with Crippen LogP contribution in [0.25, 0.3) is 0 Å². The van der Waals surface area contributed by atoms with Gasteiger partial charge in [-0.15, -0.1) is 0 Å². The van der Waals surface area contributed by atoms with Gasteiger partial charge in [0.1, 0.15) is 0 Å². The highest BCUT2D eigenvalue weighted by molar-refractivity contribution is 5.96. The van der Waals surface area contributed by atoms with Crippen LogP contribution in [0.2, 0.25) is 0 Å². The second-order valence-corrected chi connectivity index (χ2v) is 4.91. The molecule has 1 amide bonds. The van der Waals surface area contributed by atoms with Crippen LogP contribution >= 0.6 is 0 Å². The van der Waals surface area contributed by atoms with Crippen LogP contribution in [0.5, 0.6) is 0 Å². The molecule has 110 valence electrons. The van der Waals surface area contributed by atoms with E-state index >= 15 is 0 Å². The Bertz CT molecular complexity index is 638. The Morgan fingerprint density at radius 2 is 1.90 bits per heavy atom. The summed E-state index contributed by atoms with van der Waals surface area (Å²) >= 11 is 0. The van der Waals surface area contributed by atoms with Gasteiger partial charge in [0, 0.05) is 18.3 Å². The molecular weight excluding hydrogens is 262 g/mol. The number of hydrogen-bond acceptors (Lipinski definition) is 3. The van der Waals surface area contributed by atoms with E-state index in [4.69, 9.17) is 5.73 Å². The molecule has 0 aromatic heterocycles. The maximum Gasteiger partial charge on any atom is 0.251 e. The van der Waals surface area contributed by atoms with Gasteiger partial charge >= 0.3 is 0 Å². The number of carbonyl (C=O) groups is 1. The number of nitrogens with one attached hydrogen (secondary N) is 2. The van der Waals surface area contributed by atoms with E-state index in [2.05, 4.69) is 23.6 Å². The second kappa shape index (κ2) is 6.79. The molecule has 0 spiro atoms. The molecule has 0 atom stereocenters. The maximum atomic E-state index is 11.6. The highest BCUT2D eigenvalue weighted by atomic mass is 16.1. The Labute approximate surface area is 125 Å². The molecule has 4 heteroatoms. The van der Waals surface area contributed by atoms with Gasteiger partial charge in [-0.2, -0.15) is 0 Å². The lowest BCUT2D eigenvalue weighted by atomic mass is 10.1. The number of amides is 1. The average Bonchev–Trinajstić information content (AvgIpc) is 2.50. The largest absolute Gasteiger partial charge is 0.397 e. The fourth-order valence-corrected chi connectivity index (χ4v) is 2.24. The van der Waals surface area contributed by atoms with Crippen LogP contribution in [0, 0.1) is 0 Å². The van der Waals surface area contributed by atoms with Crippen LogP contribution in [0.15, 0.2) is 42.5 Å². The third kappa shape index (κ3) is 3.54. The number of benzene rings is 2. The molecule has 2 aromatic carbocycles. The molecule has 2 rings (SSSR count). The SMILES string of the molecule is CCCc1ccccc1Nc1ccc(C(=O)NC)cc1N. The number of nitrogen functional groups attached to an aromatic ring is 1. The zero-order valence-electron chi connectivity index (χ0n) is 12.4. The first-order valence-corrected chi connectivity index (χ1v) is 7.12. The smallest absolute Gasteiger partial charge is 0.251 e. The minimum atomic E-state index is -0.139. The van der Waals surface area contributed by atoms with Gasteiger partial charge in [0.2, 0.25) is 0 Å². The Balaban J connectivity index is 2.26. The molecule has 0 bridgehead atoms. The van der Waals surface area contributed by atoms with Crippen LogP contribution < -0.4 is 16.4 Å². The Morgan fingerprint density at radius 1 is 1.14 bits per heavy atom. The van der Waals surface area contributed by atoms with Crippen LogP contribution in [0.3, 0.4) is 0 Å². The van der Waals surface area contributed by atoms with Crippen LogP contribution in [0.1, 0.15) is 29.3 Å². The molecule has 0 unspecified atom stereocenters. The molecule has 21 heavy (non-hydrogen) atoms. The Hall–Kier alpha value is -2.49. The molecule has 0 saturated carbocycles. The standard InChI is InChI=1S/C17H21N3O/c1-3-6-12-7-4-5-8-15(12)20-16-10-9-13(11-14(16)18)17(21)19-2/h4-5,7-11,20H,3,6,18H2,1-2H3,(H,19,21). The Morgan fingerprint density at radius 3 is 2.57 bits per heavy atom. The summed E-state index contributed by atoms with van der Waals surface area (Å²) in [6, 6.07) is 13.5. The number of para-hydroxylation sites is 1. The topological polar surface area (TPSA) is 67.2 Å². The number of aryl methyl sites for hydroxylation is 1. The van der Waals surface area contributed by atoms with Crippen molar-refractivity contribution in [2.75, 3.05) is 18.1 Å². The van der Waals surface area contributed by atoms with Crippen molar-refractivity contribution >= 4 is 23.0 Å². The van der Waals surface area contributed by atoms with E-state index in [1.165, 1.54) is 5.56 Å². The van der Waals surface area contributed by atoms with Crippen molar-refractivity contribution in [2.24, 2.45) is 0 Å². The lowest BCUT2D eigenvalue weighted by Gasteiger charge is -2.14. The fourth-order valence-electron chi connectivity index (χ4n) is 2.24. The van der Waals surface area contributed by atoms with Crippen LogP contribution in [0.4, 0.5) is 17.1 Å². The first-order valence-electron chi connectivity index (χ1n) is 7.12. The molecule has 2 aromatic rings. The third-order valence-electron chi connectivity index (χ3n) is 3.35. The summed E-state index contributed by atoms with van der Waals surface area (Å²) in [4.78, 5) is 11.6. The van der Waals surface area contributed by atoms with E-state index in [1.54, 1.807) is 19.2 Å². The van der Waals surface area contributed by atoms with Crippen molar-refractivity contribution in [1.29, 1.82) is 0 Å². The molecule has 0 heterocycles. The van der Waals surface area contributed by atoms with E-state index in [0.717, 1.165) is 24.2 Å². The van der Waals surface area contributed by atoms with Crippen molar-refractivity contribution in [3.63, 3.8) is 0 Å². The minimum Gasteiger partial charge on any atom is -0.397 e. The number of rotatable bonds is 5. The first kappa shape index (κ1) is 14.9. The normalized spacial score (nSPS) is 10.2. The van der Waals surface area contributed by atoms with Gasteiger partial charge in [0.15, 0.2) is 0 Å². The van der Waals surface area contributed by atoms with Crippen molar-refractivity contribution in [2.45, 2.75) is 19.8 Å². The zero-order valence-corrected chi connectivity index (χ0v) is 12.4. The lowest BCUT2D eigenvalue weighted by molar-refractivity contribution is 0.0963. The number of anilines is 3. The zero-order chi connectivity index (χ0) is 15.2. The quantitative estimate of drug-likeness (QED) is 0.737. The number of nitrogens with two attached hydrogens (primary N) is 1. The van der Waals surface area contributed by atoms with E-state index in [0.29, 0.717) is 11.3 Å². The molecule has 0 aliphatic rings. The second-order valence-electron chi connectivity index (χ2n) is 4.91. The summed E-state index contributed by atoms with van der Waals surface area (Å²) in [5.74, 6) is -0.139. The van der Waals surface area contributed by atoms with Gasteiger partial charge in [-0.25, -0.2) is 0 Å². The summed E-state index contributed by atoms with van der Waals surface area (Å²) in [5, 5.41) is 5.94. The van der Waals surface area contributed by atoms with Crippen LogP contribution in [-0.4, -0.2) is 13.0 Å². The van der Waals surface area contributed by atoms with Crippen molar-refractivity contribution in [1.82, 2.24) is 5.32 Å². The van der Waals surface area contributed by atoms with Gasteiger partial charge in [-0.3, -0.25) is 4.79 Å². The van der Waals surface area contributed by atoms with E-state index in [1.807, 2.05) is 24.3 Å². The predicted molar refractivity (Wildman–Crippen MR) is 88.0 cm³/mol. The van der Waals surface area contributed by atoms with Crippen molar-refractivity contribution in [3.8, 4) is 0 Å². The minimum absolute atomic E-state index is 0.139. The molecule has 0 saturated heterocycles. The lowest BCUT2D eigenvalue weighted by Crippen LogP contribution is -2.18. The molecule has 0 fully saturated rings. The third-order valence-corrected chi connectivity index (χ3v) is 3.35. The molecule has 0 aliphatic heterocycles. The summed E-state index contributed by atoms with van der Waals surface area (Å²) in [6.45, 7) is 2.16. The van der Waals surface area contributed by atoms with E-state index in [-0.39, 0.29) is 5.91 Å². The van der Waals surface area contributed by atoms with E-state index in [9.17, 15) is 4.79 Å². The molecular formula is C17H21N3O. The first-order chi connectivity index (χ1) is 10.2. The highest BCUT2D eigenvalue weighted by Gasteiger charge is 2.08. The monoisotopic (exact) mass is 283 g/mol. The van der Waals surface area contributed by atoms with Crippen LogP contribution in [-0.2, 0) is 6.42 Å². The predicted octanol–water partition coefficient (Wildman–Crippen LogP) is 3.32. The van der Waals surface area contributed by atoms with Gasteiger partial charge in [0.05, 0.1) is 11.4 Å². The number of carbonyl (C=O) groups excluding carboxylic acids is 1. The Kier molecular flexibility index (Phi) is 4.82. The molecule has 4 nitrogen and oxygen atoms in total. The van der Waals surface area contributed by atoms with Crippen molar-refractivity contribution < 1.29 is 4.79 Å². The molecule has 0 radical (unpaired) electrons. The number of hydrogen-bond donors (Lipinski definition) is 3. The van der Waals surface area contributed by atoms with Gasteiger partial charge < -0.3 is 16.4 Å². The summed E-state index contributed by atoms with van der Waals surface area (Å²) in [6.07, 6.45) is 2.10. The van der Waals surface area contributed by atoms with Crippen molar-refractivity contribution in [3.05, 3.63) is 53.6 Å². The summed E-state index contributed by atoms with van der Waals surface area (Å²) in [5.41, 5.74) is 10.3. The molecule has 0 aliphatic carbocycles. The van der Waals surface area contributed by atoms with Gasteiger partial charge in [-0.05, 0) is 36.2 Å². The van der Waals surface area contributed by atoms with E-state index < -0.39 is 0 Å². The molecule has 4 N–H and O–H groups in total. The summed E-state index contributed by atoms with van der Waals surface area (Å²) < 4.78 is 0. The maximum absolute atomic E-state index is 11.6. The van der Waals surface area contributed by atoms with Gasteiger partial charge in [-0.1, -0.05) is 31.5 Å². The summed E-state index contributed by atoms with van der Waals surface area (Å²) in [7, 11) is 1.60.